The maximum atomic E-state index is 12.6. The summed E-state index contributed by atoms with van der Waals surface area (Å²) in [6.45, 7) is 6.68. The largest absolute Gasteiger partial charge is 0.314 e. The van der Waals surface area contributed by atoms with Crippen molar-refractivity contribution in [1.29, 1.82) is 0 Å². The zero-order valence-electron chi connectivity index (χ0n) is 10.0. The van der Waals surface area contributed by atoms with Gasteiger partial charge in [-0.2, -0.15) is 0 Å². The van der Waals surface area contributed by atoms with Crippen LogP contribution >= 0.6 is 0 Å². The fourth-order valence-corrected chi connectivity index (χ4v) is 2.11. The van der Waals surface area contributed by atoms with Gasteiger partial charge in [0.15, 0.2) is 0 Å². The molecule has 4 heteroatoms. The van der Waals surface area contributed by atoms with Crippen molar-refractivity contribution >= 4 is 0 Å². The Labute approximate surface area is 101 Å². The minimum Gasteiger partial charge on any atom is -0.314 e. The first-order valence-corrected chi connectivity index (χ1v) is 5.97. The van der Waals surface area contributed by atoms with Gasteiger partial charge in [0.05, 0.1) is 0 Å². The van der Waals surface area contributed by atoms with Gasteiger partial charge in [0.2, 0.25) is 0 Å². The maximum Gasteiger partial charge on any atom is 0.263 e. The highest BCUT2D eigenvalue weighted by molar-refractivity contribution is 5.31. The van der Waals surface area contributed by atoms with E-state index < -0.39 is 6.43 Å². The van der Waals surface area contributed by atoms with Crippen LogP contribution in [-0.4, -0.2) is 31.1 Å². The van der Waals surface area contributed by atoms with E-state index in [0.717, 1.165) is 43.9 Å². The Balaban J connectivity index is 2.10. The van der Waals surface area contributed by atoms with Crippen molar-refractivity contribution in [3.8, 4) is 0 Å². The van der Waals surface area contributed by atoms with Gasteiger partial charge in [0.1, 0.15) is 0 Å². The minimum atomic E-state index is -2.38. The molecule has 2 nitrogen and oxygen atoms in total. The summed E-state index contributed by atoms with van der Waals surface area (Å²) in [5.41, 5.74) is 2.23. The second-order valence-corrected chi connectivity index (χ2v) is 4.51. The molecule has 0 spiro atoms. The molecule has 0 amide bonds. The van der Waals surface area contributed by atoms with Crippen molar-refractivity contribution in [2.45, 2.75) is 19.9 Å². The van der Waals surface area contributed by atoms with Crippen molar-refractivity contribution in [3.05, 3.63) is 34.9 Å². The summed E-state index contributed by atoms with van der Waals surface area (Å²) in [5, 5.41) is 3.28. The highest BCUT2D eigenvalue weighted by Crippen LogP contribution is 2.22. The van der Waals surface area contributed by atoms with Crippen LogP contribution in [0.1, 0.15) is 23.1 Å². The van der Waals surface area contributed by atoms with Crippen LogP contribution in [0.5, 0.6) is 0 Å². The van der Waals surface area contributed by atoms with Gasteiger partial charge in [-0.05, 0) is 24.1 Å². The van der Waals surface area contributed by atoms with Gasteiger partial charge in [-0.25, -0.2) is 8.78 Å². The van der Waals surface area contributed by atoms with Gasteiger partial charge in [0, 0.05) is 38.3 Å². The van der Waals surface area contributed by atoms with E-state index in [1.165, 1.54) is 6.07 Å². The summed E-state index contributed by atoms with van der Waals surface area (Å²) in [4.78, 5) is 2.30. The molecule has 1 N–H and O–H groups in total. The number of nitrogens with one attached hydrogen (secondary N) is 1. The van der Waals surface area contributed by atoms with Crippen molar-refractivity contribution < 1.29 is 8.78 Å². The third-order valence-corrected chi connectivity index (χ3v) is 3.23. The second-order valence-electron chi connectivity index (χ2n) is 4.51. The molecule has 0 bridgehead atoms. The highest BCUT2D eigenvalue weighted by atomic mass is 19.3. The molecular weight excluding hydrogens is 222 g/mol. The van der Waals surface area contributed by atoms with Crippen LogP contribution in [0, 0.1) is 6.92 Å². The molecule has 1 aromatic carbocycles. The lowest BCUT2D eigenvalue weighted by Gasteiger charge is -2.27. The van der Waals surface area contributed by atoms with Gasteiger partial charge >= 0.3 is 0 Å². The minimum absolute atomic E-state index is 0.126. The summed E-state index contributed by atoms with van der Waals surface area (Å²) in [6.07, 6.45) is -2.38. The zero-order chi connectivity index (χ0) is 12.3. The van der Waals surface area contributed by atoms with Crippen molar-refractivity contribution in [1.82, 2.24) is 10.2 Å². The van der Waals surface area contributed by atoms with Gasteiger partial charge in [-0.1, -0.05) is 12.1 Å². The van der Waals surface area contributed by atoms with Crippen LogP contribution in [0.4, 0.5) is 8.78 Å². The van der Waals surface area contributed by atoms with E-state index in [4.69, 9.17) is 0 Å². The summed E-state index contributed by atoms with van der Waals surface area (Å²) in [6, 6.07) is 4.95. The fourth-order valence-electron chi connectivity index (χ4n) is 2.11. The Kier molecular flexibility index (Phi) is 4.07. The van der Waals surface area contributed by atoms with E-state index in [-0.39, 0.29) is 5.56 Å². The summed E-state index contributed by atoms with van der Waals surface area (Å²) >= 11 is 0. The predicted molar refractivity (Wildman–Crippen MR) is 64.3 cm³/mol. The van der Waals surface area contributed by atoms with E-state index in [1.54, 1.807) is 12.1 Å². The van der Waals surface area contributed by atoms with Gasteiger partial charge < -0.3 is 5.32 Å². The SMILES string of the molecule is Cc1ccc(C(F)F)cc1CN1CCNCC1. The molecule has 94 valence electrons. The topological polar surface area (TPSA) is 15.3 Å². The smallest absolute Gasteiger partial charge is 0.263 e. The van der Waals surface area contributed by atoms with Crippen molar-refractivity contribution in [2.24, 2.45) is 0 Å². The standard InChI is InChI=1S/C13H18F2N2/c1-10-2-3-11(13(14)15)8-12(10)9-17-6-4-16-5-7-17/h2-3,8,13,16H,4-7,9H2,1H3. The molecule has 1 aromatic rings. The number of rotatable bonds is 3. The van der Waals surface area contributed by atoms with Crippen LogP contribution in [0.15, 0.2) is 18.2 Å². The number of hydrogen-bond acceptors (Lipinski definition) is 2. The molecule has 1 heterocycles. The Morgan fingerprint density at radius 3 is 2.65 bits per heavy atom. The molecule has 1 saturated heterocycles. The fraction of sp³-hybridized carbons (Fsp3) is 0.538. The molecule has 0 aliphatic carbocycles. The quantitative estimate of drug-likeness (QED) is 0.872. The zero-order valence-corrected chi connectivity index (χ0v) is 10.0. The number of aryl methyl sites for hydroxylation is 1. The molecule has 17 heavy (non-hydrogen) atoms. The lowest BCUT2D eigenvalue weighted by molar-refractivity contribution is 0.151. The monoisotopic (exact) mass is 240 g/mol. The highest BCUT2D eigenvalue weighted by Gasteiger charge is 2.13. The van der Waals surface area contributed by atoms with Crippen LogP contribution in [0.25, 0.3) is 0 Å². The first-order valence-electron chi connectivity index (χ1n) is 5.97. The molecule has 2 rings (SSSR count). The first-order chi connectivity index (χ1) is 8.16. The molecule has 1 aliphatic rings. The van der Waals surface area contributed by atoms with E-state index in [2.05, 4.69) is 10.2 Å². The maximum absolute atomic E-state index is 12.6. The van der Waals surface area contributed by atoms with Crippen LogP contribution < -0.4 is 5.32 Å². The second kappa shape index (κ2) is 5.56. The number of alkyl halides is 2. The van der Waals surface area contributed by atoms with E-state index in [0.29, 0.717) is 0 Å². The number of hydrogen-bond donors (Lipinski definition) is 1. The average Bonchev–Trinajstić information content (AvgIpc) is 2.33. The molecular formula is C13H18F2N2. The summed E-state index contributed by atoms with van der Waals surface area (Å²) in [7, 11) is 0. The lowest BCUT2D eigenvalue weighted by atomic mass is 10.0. The average molecular weight is 240 g/mol. The molecule has 0 unspecified atom stereocenters. The molecule has 0 aromatic heterocycles. The Bertz CT molecular complexity index is 374. The third kappa shape index (κ3) is 3.23. The first kappa shape index (κ1) is 12.5. The van der Waals surface area contributed by atoms with Crippen molar-refractivity contribution in [2.75, 3.05) is 26.2 Å². The normalized spacial score (nSPS) is 17.6. The number of piperazine rings is 1. The molecule has 0 saturated carbocycles. The van der Waals surface area contributed by atoms with Crippen molar-refractivity contribution in [3.63, 3.8) is 0 Å². The van der Waals surface area contributed by atoms with Gasteiger partial charge in [-0.3, -0.25) is 4.90 Å². The number of nitrogens with zero attached hydrogens (tertiary/aromatic N) is 1. The summed E-state index contributed by atoms with van der Waals surface area (Å²) < 4.78 is 25.3. The van der Waals surface area contributed by atoms with E-state index in [9.17, 15) is 8.78 Å². The van der Waals surface area contributed by atoms with Gasteiger partial charge in [-0.15, -0.1) is 0 Å². The number of halogens is 2. The molecule has 1 fully saturated rings. The Morgan fingerprint density at radius 2 is 2.00 bits per heavy atom. The predicted octanol–water partition coefficient (Wildman–Crippen LogP) is 2.34. The van der Waals surface area contributed by atoms with Crippen LogP contribution in [-0.2, 0) is 6.54 Å². The molecule has 0 radical (unpaired) electrons. The molecule has 1 aliphatic heterocycles. The van der Waals surface area contributed by atoms with Crippen LogP contribution in [0.3, 0.4) is 0 Å². The summed E-state index contributed by atoms with van der Waals surface area (Å²) in [5.74, 6) is 0. The van der Waals surface area contributed by atoms with E-state index in [1.807, 2.05) is 6.92 Å². The molecule has 0 atom stereocenters. The number of benzene rings is 1. The van der Waals surface area contributed by atoms with E-state index >= 15 is 0 Å². The Morgan fingerprint density at radius 1 is 1.29 bits per heavy atom. The Hall–Kier alpha value is -1.00. The lowest BCUT2D eigenvalue weighted by Crippen LogP contribution is -2.43. The van der Waals surface area contributed by atoms with Crippen LogP contribution in [0.2, 0.25) is 0 Å². The van der Waals surface area contributed by atoms with Gasteiger partial charge in [0.25, 0.3) is 6.43 Å². The third-order valence-electron chi connectivity index (χ3n) is 3.23.